The smallest absolute Gasteiger partial charge is 0.387 e. The van der Waals surface area contributed by atoms with Gasteiger partial charge >= 0.3 is 6.61 Å². The van der Waals surface area contributed by atoms with Gasteiger partial charge in [0.15, 0.2) is 0 Å². The second-order valence-corrected chi connectivity index (χ2v) is 5.36. The normalized spacial score (nSPS) is 11.2. The molecule has 0 fully saturated rings. The first-order valence-corrected chi connectivity index (χ1v) is 7.63. The van der Waals surface area contributed by atoms with Crippen molar-refractivity contribution in [1.82, 2.24) is 5.43 Å². The average molecular weight is 356 g/mol. The Hall–Kier alpha value is -3.48. The second-order valence-electron chi connectivity index (χ2n) is 5.36. The van der Waals surface area contributed by atoms with Gasteiger partial charge in [0.25, 0.3) is 5.91 Å². The van der Waals surface area contributed by atoms with Gasteiger partial charge in [-0.3, -0.25) is 4.79 Å². The van der Waals surface area contributed by atoms with E-state index in [4.69, 9.17) is 0 Å². The summed E-state index contributed by atoms with van der Waals surface area (Å²) in [4.78, 5) is 12.2. The average Bonchev–Trinajstić information content (AvgIpc) is 2.62. The molecule has 5 nitrogen and oxygen atoms in total. The SMILES string of the molecule is O=C(N/N=C/c1ccc(OC(F)F)cc1)c1cc2ccccc2cc1O. The summed E-state index contributed by atoms with van der Waals surface area (Å²) < 4.78 is 28.4. The fourth-order valence-electron chi connectivity index (χ4n) is 2.37. The highest BCUT2D eigenvalue weighted by Crippen LogP contribution is 2.24. The monoisotopic (exact) mass is 356 g/mol. The molecule has 0 radical (unpaired) electrons. The minimum absolute atomic E-state index is 0.0299. The van der Waals surface area contributed by atoms with Gasteiger partial charge in [-0.2, -0.15) is 13.9 Å². The molecule has 0 saturated carbocycles. The van der Waals surface area contributed by atoms with Crippen molar-refractivity contribution >= 4 is 22.9 Å². The summed E-state index contributed by atoms with van der Waals surface area (Å²) in [6.45, 7) is -2.89. The number of phenolic OH excluding ortho intramolecular Hbond substituents is 1. The molecule has 0 aliphatic heterocycles. The Labute approximate surface area is 147 Å². The van der Waals surface area contributed by atoms with Gasteiger partial charge in [-0.1, -0.05) is 24.3 Å². The van der Waals surface area contributed by atoms with E-state index in [0.717, 1.165) is 10.8 Å². The number of fused-ring (bicyclic) bond motifs is 1. The molecule has 0 spiro atoms. The van der Waals surface area contributed by atoms with E-state index in [1.807, 2.05) is 24.3 Å². The summed E-state index contributed by atoms with van der Waals surface area (Å²) in [5.41, 5.74) is 3.00. The number of amides is 1. The van der Waals surface area contributed by atoms with Crippen LogP contribution in [0.2, 0.25) is 0 Å². The number of nitrogens with one attached hydrogen (secondary N) is 1. The first-order chi connectivity index (χ1) is 12.5. The van der Waals surface area contributed by atoms with Crippen molar-refractivity contribution in [3.05, 3.63) is 71.8 Å². The summed E-state index contributed by atoms with van der Waals surface area (Å²) in [6.07, 6.45) is 1.35. The van der Waals surface area contributed by atoms with E-state index in [9.17, 15) is 18.7 Å². The van der Waals surface area contributed by atoms with E-state index in [2.05, 4.69) is 15.3 Å². The summed E-state index contributed by atoms with van der Waals surface area (Å²) in [5, 5.41) is 15.4. The van der Waals surface area contributed by atoms with Gasteiger partial charge in [-0.15, -0.1) is 0 Å². The van der Waals surface area contributed by atoms with Crippen molar-refractivity contribution in [2.24, 2.45) is 5.10 Å². The molecule has 3 rings (SSSR count). The number of halogens is 2. The number of carbonyl (C=O) groups is 1. The lowest BCUT2D eigenvalue weighted by atomic mass is 10.1. The number of hydrogen-bond acceptors (Lipinski definition) is 4. The molecule has 2 N–H and O–H groups in total. The first-order valence-electron chi connectivity index (χ1n) is 7.63. The van der Waals surface area contributed by atoms with Crippen LogP contribution in [0.3, 0.4) is 0 Å². The van der Waals surface area contributed by atoms with Gasteiger partial charge in [0.05, 0.1) is 11.8 Å². The second kappa shape index (κ2) is 7.60. The van der Waals surface area contributed by atoms with Crippen molar-refractivity contribution in [2.75, 3.05) is 0 Å². The lowest BCUT2D eigenvalue weighted by molar-refractivity contribution is -0.0498. The van der Waals surface area contributed by atoms with Crippen LogP contribution in [0.15, 0.2) is 65.8 Å². The lowest BCUT2D eigenvalue weighted by Gasteiger charge is -2.06. The molecule has 0 heterocycles. The summed E-state index contributed by atoms with van der Waals surface area (Å²) in [7, 11) is 0. The number of ether oxygens (including phenoxy) is 1. The fraction of sp³-hybridized carbons (Fsp3) is 0.0526. The van der Waals surface area contributed by atoms with Crippen LogP contribution in [-0.2, 0) is 0 Å². The van der Waals surface area contributed by atoms with E-state index < -0.39 is 12.5 Å². The number of phenols is 1. The molecule has 0 unspecified atom stereocenters. The van der Waals surface area contributed by atoms with Crippen LogP contribution >= 0.6 is 0 Å². The Kier molecular flexibility index (Phi) is 5.07. The number of nitrogens with zero attached hydrogens (tertiary/aromatic N) is 1. The Balaban J connectivity index is 1.68. The largest absolute Gasteiger partial charge is 0.507 e. The predicted octanol–water partition coefficient (Wildman–Crippen LogP) is 3.91. The van der Waals surface area contributed by atoms with Gasteiger partial charge in [-0.25, -0.2) is 5.43 Å². The number of rotatable bonds is 5. The highest BCUT2D eigenvalue weighted by molar-refractivity contribution is 6.01. The number of benzene rings is 3. The third kappa shape index (κ3) is 4.13. The van der Waals surface area contributed by atoms with Crippen LogP contribution in [0.1, 0.15) is 15.9 Å². The predicted molar refractivity (Wildman–Crippen MR) is 93.7 cm³/mol. The molecule has 7 heteroatoms. The maximum Gasteiger partial charge on any atom is 0.387 e. The number of alkyl halides is 2. The molecule has 1 amide bonds. The van der Waals surface area contributed by atoms with E-state index >= 15 is 0 Å². The van der Waals surface area contributed by atoms with Gasteiger partial charge in [0, 0.05) is 0 Å². The molecule has 0 saturated heterocycles. The Bertz CT molecular complexity index is 957. The van der Waals surface area contributed by atoms with Crippen LogP contribution in [0.4, 0.5) is 8.78 Å². The minimum Gasteiger partial charge on any atom is -0.507 e. The van der Waals surface area contributed by atoms with Crippen molar-refractivity contribution in [1.29, 1.82) is 0 Å². The number of hydrazone groups is 1. The zero-order chi connectivity index (χ0) is 18.5. The van der Waals surface area contributed by atoms with Crippen LogP contribution in [-0.4, -0.2) is 23.8 Å². The molecule has 0 bridgehead atoms. The van der Waals surface area contributed by atoms with E-state index in [1.54, 1.807) is 6.07 Å². The van der Waals surface area contributed by atoms with Crippen molar-refractivity contribution in [3.63, 3.8) is 0 Å². The molecular formula is C19H14F2N2O3. The van der Waals surface area contributed by atoms with Gasteiger partial charge in [-0.05, 0) is 52.7 Å². The Morgan fingerprint density at radius 3 is 2.38 bits per heavy atom. The fourth-order valence-corrected chi connectivity index (χ4v) is 2.37. The number of aromatic hydroxyl groups is 1. The summed E-state index contributed by atoms with van der Waals surface area (Å²) in [6, 6.07) is 16.2. The molecule has 3 aromatic rings. The molecule has 0 aliphatic rings. The highest BCUT2D eigenvalue weighted by atomic mass is 19.3. The molecule has 3 aromatic carbocycles. The van der Waals surface area contributed by atoms with Gasteiger partial charge in [0.1, 0.15) is 11.5 Å². The number of hydrogen-bond donors (Lipinski definition) is 2. The van der Waals surface area contributed by atoms with Crippen LogP contribution in [0.5, 0.6) is 11.5 Å². The lowest BCUT2D eigenvalue weighted by Crippen LogP contribution is -2.17. The Morgan fingerprint density at radius 2 is 1.73 bits per heavy atom. The van der Waals surface area contributed by atoms with Crippen molar-refractivity contribution in [3.8, 4) is 11.5 Å². The summed E-state index contributed by atoms with van der Waals surface area (Å²) in [5.74, 6) is -0.686. The summed E-state index contributed by atoms with van der Waals surface area (Å²) >= 11 is 0. The van der Waals surface area contributed by atoms with Gasteiger partial charge < -0.3 is 9.84 Å². The standard InChI is InChI=1S/C19H14F2N2O3/c20-19(21)26-15-7-5-12(6-8-15)11-22-23-18(25)16-9-13-3-1-2-4-14(13)10-17(16)24/h1-11,19,24H,(H,23,25)/b22-11+. The maximum atomic E-state index is 12.2. The van der Waals surface area contributed by atoms with E-state index in [1.165, 1.54) is 36.5 Å². The molecule has 132 valence electrons. The zero-order valence-corrected chi connectivity index (χ0v) is 13.4. The molecule has 0 aromatic heterocycles. The van der Waals surface area contributed by atoms with Gasteiger partial charge in [0.2, 0.25) is 0 Å². The van der Waals surface area contributed by atoms with Crippen molar-refractivity contribution in [2.45, 2.75) is 6.61 Å². The molecule has 26 heavy (non-hydrogen) atoms. The quantitative estimate of drug-likeness (QED) is 0.538. The third-order valence-electron chi connectivity index (χ3n) is 3.59. The van der Waals surface area contributed by atoms with E-state index in [-0.39, 0.29) is 17.1 Å². The minimum atomic E-state index is -2.89. The van der Waals surface area contributed by atoms with Crippen LogP contribution < -0.4 is 10.2 Å². The first kappa shape index (κ1) is 17.3. The topological polar surface area (TPSA) is 70.9 Å². The van der Waals surface area contributed by atoms with Crippen LogP contribution in [0.25, 0.3) is 10.8 Å². The zero-order valence-electron chi connectivity index (χ0n) is 13.4. The van der Waals surface area contributed by atoms with Crippen LogP contribution in [0, 0.1) is 0 Å². The number of carbonyl (C=O) groups excluding carboxylic acids is 1. The maximum absolute atomic E-state index is 12.2. The molecule has 0 aliphatic carbocycles. The Morgan fingerprint density at radius 1 is 1.08 bits per heavy atom. The van der Waals surface area contributed by atoms with Crippen molar-refractivity contribution < 1.29 is 23.4 Å². The van der Waals surface area contributed by atoms with E-state index in [0.29, 0.717) is 5.56 Å². The molecule has 0 atom stereocenters. The highest BCUT2D eigenvalue weighted by Gasteiger charge is 2.11. The molecular weight excluding hydrogens is 342 g/mol. The third-order valence-corrected chi connectivity index (χ3v) is 3.59.